The standard InChI is InChI=1S/C14H11F3N2O/c15-9-5-12(16)11(13(17)6-9)7-14(20)19-8-10-3-1-2-4-18-10/h1-6H,7-8H2,(H,19,20). The van der Waals surface area contributed by atoms with Crippen LogP contribution in [-0.4, -0.2) is 10.9 Å². The van der Waals surface area contributed by atoms with E-state index in [4.69, 9.17) is 0 Å². The van der Waals surface area contributed by atoms with Gasteiger partial charge in [0.1, 0.15) is 17.5 Å². The molecular weight excluding hydrogens is 269 g/mol. The number of hydrogen-bond acceptors (Lipinski definition) is 2. The van der Waals surface area contributed by atoms with Crippen molar-refractivity contribution in [3.63, 3.8) is 0 Å². The van der Waals surface area contributed by atoms with E-state index in [1.165, 1.54) is 0 Å². The number of nitrogens with zero attached hydrogens (tertiary/aromatic N) is 1. The number of pyridine rings is 1. The second kappa shape index (κ2) is 6.18. The molecule has 1 N–H and O–H groups in total. The van der Waals surface area contributed by atoms with E-state index in [0.717, 1.165) is 0 Å². The molecule has 1 aromatic heterocycles. The highest BCUT2D eigenvalue weighted by Crippen LogP contribution is 2.15. The zero-order chi connectivity index (χ0) is 14.5. The summed E-state index contributed by atoms with van der Waals surface area (Å²) in [6.07, 6.45) is 1.07. The molecule has 0 aliphatic carbocycles. The van der Waals surface area contributed by atoms with E-state index in [9.17, 15) is 18.0 Å². The lowest BCUT2D eigenvalue weighted by molar-refractivity contribution is -0.120. The van der Waals surface area contributed by atoms with Crippen LogP contribution in [0.3, 0.4) is 0 Å². The van der Waals surface area contributed by atoms with Crippen molar-refractivity contribution < 1.29 is 18.0 Å². The average Bonchev–Trinajstić information content (AvgIpc) is 2.42. The number of carbonyl (C=O) groups is 1. The minimum Gasteiger partial charge on any atom is -0.350 e. The first-order valence-electron chi connectivity index (χ1n) is 5.86. The Hall–Kier alpha value is -2.37. The Bertz CT molecular complexity index is 594. The maximum atomic E-state index is 13.4. The first-order valence-corrected chi connectivity index (χ1v) is 5.86. The van der Waals surface area contributed by atoms with Crippen LogP contribution in [0.25, 0.3) is 0 Å². The van der Waals surface area contributed by atoms with Gasteiger partial charge < -0.3 is 5.32 Å². The van der Waals surface area contributed by atoms with Gasteiger partial charge in [0.15, 0.2) is 0 Å². The first-order chi connectivity index (χ1) is 9.56. The SMILES string of the molecule is O=C(Cc1c(F)cc(F)cc1F)NCc1ccccn1. The second-order valence-corrected chi connectivity index (χ2v) is 4.12. The van der Waals surface area contributed by atoms with Crippen LogP contribution >= 0.6 is 0 Å². The summed E-state index contributed by atoms with van der Waals surface area (Å²) in [6.45, 7) is 0.157. The molecule has 0 unspecified atom stereocenters. The van der Waals surface area contributed by atoms with Gasteiger partial charge in [0.2, 0.25) is 5.91 Å². The van der Waals surface area contributed by atoms with Crippen molar-refractivity contribution in [1.29, 1.82) is 0 Å². The van der Waals surface area contributed by atoms with Crippen molar-refractivity contribution in [2.75, 3.05) is 0 Å². The van der Waals surface area contributed by atoms with Crippen LogP contribution < -0.4 is 5.32 Å². The van der Waals surface area contributed by atoms with E-state index in [-0.39, 0.29) is 6.54 Å². The van der Waals surface area contributed by atoms with Crippen LogP contribution in [0, 0.1) is 17.5 Å². The smallest absolute Gasteiger partial charge is 0.224 e. The van der Waals surface area contributed by atoms with E-state index in [2.05, 4.69) is 10.3 Å². The van der Waals surface area contributed by atoms with Gasteiger partial charge in [-0.15, -0.1) is 0 Å². The summed E-state index contributed by atoms with van der Waals surface area (Å²) in [5.74, 6) is -3.73. The summed E-state index contributed by atoms with van der Waals surface area (Å²) in [6, 6.07) is 6.29. The quantitative estimate of drug-likeness (QED) is 0.934. The fraction of sp³-hybridized carbons (Fsp3) is 0.143. The molecule has 0 fully saturated rings. The third kappa shape index (κ3) is 3.57. The number of nitrogens with one attached hydrogen (secondary N) is 1. The van der Waals surface area contributed by atoms with Gasteiger partial charge in [0, 0.05) is 23.9 Å². The van der Waals surface area contributed by atoms with E-state index in [0.29, 0.717) is 17.8 Å². The molecular formula is C14H11F3N2O. The monoisotopic (exact) mass is 280 g/mol. The van der Waals surface area contributed by atoms with Gasteiger partial charge in [-0.2, -0.15) is 0 Å². The van der Waals surface area contributed by atoms with Gasteiger partial charge in [-0.3, -0.25) is 9.78 Å². The molecule has 0 saturated carbocycles. The lowest BCUT2D eigenvalue weighted by atomic mass is 10.1. The van der Waals surface area contributed by atoms with Crippen LogP contribution in [-0.2, 0) is 17.8 Å². The van der Waals surface area contributed by atoms with Gasteiger partial charge in [-0.25, -0.2) is 13.2 Å². The molecule has 0 atom stereocenters. The molecule has 2 aromatic rings. The van der Waals surface area contributed by atoms with Gasteiger partial charge in [0.25, 0.3) is 0 Å². The Kier molecular flexibility index (Phi) is 4.34. The molecule has 104 valence electrons. The maximum Gasteiger partial charge on any atom is 0.224 e. The minimum atomic E-state index is -1.07. The molecule has 0 spiro atoms. The Balaban J connectivity index is 1.98. The van der Waals surface area contributed by atoms with Crippen LogP contribution in [0.2, 0.25) is 0 Å². The summed E-state index contributed by atoms with van der Waals surface area (Å²) in [4.78, 5) is 15.6. The zero-order valence-corrected chi connectivity index (χ0v) is 10.4. The second-order valence-electron chi connectivity index (χ2n) is 4.12. The fourth-order valence-electron chi connectivity index (χ4n) is 1.66. The molecule has 0 saturated heterocycles. The summed E-state index contributed by atoms with van der Waals surface area (Å²) in [7, 11) is 0. The number of aromatic nitrogens is 1. The van der Waals surface area contributed by atoms with Crippen molar-refractivity contribution in [3.8, 4) is 0 Å². The highest BCUT2D eigenvalue weighted by Gasteiger charge is 2.15. The highest BCUT2D eigenvalue weighted by atomic mass is 19.1. The highest BCUT2D eigenvalue weighted by molar-refractivity contribution is 5.78. The fourth-order valence-corrected chi connectivity index (χ4v) is 1.66. The van der Waals surface area contributed by atoms with Gasteiger partial charge in [0.05, 0.1) is 18.7 Å². The number of hydrogen-bond donors (Lipinski definition) is 1. The predicted molar refractivity (Wildman–Crippen MR) is 66.1 cm³/mol. The van der Waals surface area contributed by atoms with Crippen molar-refractivity contribution in [1.82, 2.24) is 10.3 Å². The van der Waals surface area contributed by atoms with Crippen LogP contribution in [0.1, 0.15) is 11.3 Å². The lowest BCUT2D eigenvalue weighted by Gasteiger charge is -2.07. The summed E-state index contributed by atoms with van der Waals surface area (Å²) < 4.78 is 39.5. The zero-order valence-electron chi connectivity index (χ0n) is 10.4. The normalized spacial score (nSPS) is 10.3. The van der Waals surface area contributed by atoms with E-state index < -0.39 is 35.3 Å². The van der Waals surface area contributed by atoms with E-state index >= 15 is 0 Å². The number of rotatable bonds is 4. The largest absolute Gasteiger partial charge is 0.350 e. The summed E-state index contributed by atoms with van der Waals surface area (Å²) in [5.41, 5.74) is 0.172. The number of amides is 1. The Morgan fingerprint density at radius 3 is 2.45 bits per heavy atom. The number of carbonyl (C=O) groups excluding carboxylic acids is 1. The van der Waals surface area contributed by atoms with Crippen LogP contribution in [0.5, 0.6) is 0 Å². The van der Waals surface area contributed by atoms with E-state index in [1.807, 2.05) is 0 Å². The molecule has 6 heteroatoms. The Labute approximate surface area is 113 Å². The summed E-state index contributed by atoms with van der Waals surface area (Å²) in [5, 5.41) is 2.49. The van der Waals surface area contributed by atoms with Crippen molar-refractivity contribution in [2.24, 2.45) is 0 Å². The van der Waals surface area contributed by atoms with Gasteiger partial charge in [-0.1, -0.05) is 6.07 Å². The van der Waals surface area contributed by atoms with Crippen molar-refractivity contribution in [2.45, 2.75) is 13.0 Å². The van der Waals surface area contributed by atoms with Crippen LogP contribution in [0.15, 0.2) is 36.5 Å². The molecule has 2 rings (SSSR count). The van der Waals surface area contributed by atoms with Crippen LogP contribution in [0.4, 0.5) is 13.2 Å². The number of halogens is 3. The predicted octanol–water partition coefficient (Wildman–Crippen LogP) is 2.36. The first kappa shape index (κ1) is 14.0. The molecule has 0 aliphatic heterocycles. The molecule has 0 radical (unpaired) electrons. The average molecular weight is 280 g/mol. The molecule has 0 aliphatic rings. The topological polar surface area (TPSA) is 42.0 Å². The van der Waals surface area contributed by atoms with Gasteiger partial charge in [-0.05, 0) is 12.1 Å². The number of benzene rings is 1. The minimum absolute atomic E-state index is 0.157. The third-order valence-electron chi connectivity index (χ3n) is 2.64. The van der Waals surface area contributed by atoms with Crippen molar-refractivity contribution >= 4 is 5.91 Å². The van der Waals surface area contributed by atoms with Crippen molar-refractivity contribution in [3.05, 3.63) is 65.2 Å². The summed E-state index contributed by atoms with van der Waals surface area (Å²) >= 11 is 0. The molecule has 1 amide bonds. The Morgan fingerprint density at radius 1 is 1.15 bits per heavy atom. The molecule has 3 nitrogen and oxygen atoms in total. The molecule has 1 aromatic carbocycles. The van der Waals surface area contributed by atoms with E-state index in [1.54, 1.807) is 24.4 Å². The maximum absolute atomic E-state index is 13.4. The molecule has 20 heavy (non-hydrogen) atoms. The van der Waals surface area contributed by atoms with Gasteiger partial charge >= 0.3 is 0 Å². The Morgan fingerprint density at radius 2 is 1.85 bits per heavy atom. The third-order valence-corrected chi connectivity index (χ3v) is 2.64. The molecule has 0 bridgehead atoms. The molecule has 1 heterocycles. The lowest BCUT2D eigenvalue weighted by Crippen LogP contribution is -2.25.